The Balaban J connectivity index is 2.00. The smallest absolute Gasteiger partial charge is 0.0366 e. The zero-order chi connectivity index (χ0) is 15.2. The van der Waals surface area contributed by atoms with Crippen LogP contribution in [0, 0.1) is 6.92 Å². The van der Waals surface area contributed by atoms with E-state index in [4.69, 9.17) is 0 Å². The van der Waals surface area contributed by atoms with Crippen molar-refractivity contribution in [1.29, 1.82) is 0 Å². The lowest BCUT2D eigenvalue weighted by Crippen LogP contribution is -2.25. The van der Waals surface area contributed by atoms with E-state index >= 15 is 0 Å². The highest BCUT2D eigenvalue weighted by atomic mass is 79.9. The number of hydrogen-bond donors (Lipinski definition) is 1. The quantitative estimate of drug-likeness (QED) is 0.825. The summed E-state index contributed by atoms with van der Waals surface area (Å²) in [5.41, 5.74) is 3.90. The van der Waals surface area contributed by atoms with Gasteiger partial charge in [0.2, 0.25) is 0 Å². The molecule has 112 valence electrons. The van der Waals surface area contributed by atoms with E-state index in [-0.39, 0.29) is 0 Å². The molecule has 0 bridgehead atoms. The van der Waals surface area contributed by atoms with Gasteiger partial charge >= 0.3 is 0 Å². The molecule has 0 aliphatic heterocycles. The lowest BCUT2D eigenvalue weighted by Gasteiger charge is -2.24. The van der Waals surface area contributed by atoms with Crippen molar-refractivity contribution in [1.82, 2.24) is 5.32 Å². The third-order valence-corrected chi connectivity index (χ3v) is 4.29. The largest absolute Gasteiger partial charge is 0.375 e. The Labute approximate surface area is 136 Å². The minimum atomic E-state index is 0.370. The Morgan fingerprint density at radius 2 is 1.90 bits per heavy atom. The zero-order valence-corrected chi connectivity index (χ0v) is 14.5. The van der Waals surface area contributed by atoms with E-state index in [0.717, 1.165) is 17.4 Å². The molecule has 0 saturated carbocycles. The molecule has 2 aromatic rings. The first-order valence-electron chi connectivity index (χ1n) is 7.30. The van der Waals surface area contributed by atoms with Gasteiger partial charge in [0.15, 0.2) is 0 Å². The molecule has 1 atom stereocenters. The number of nitrogens with one attached hydrogen (secondary N) is 1. The first-order valence-corrected chi connectivity index (χ1v) is 8.10. The van der Waals surface area contributed by atoms with Gasteiger partial charge in [-0.05, 0) is 55.8 Å². The molecule has 0 radical (unpaired) electrons. The van der Waals surface area contributed by atoms with Gasteiger partial charge < -0.3 is 10.2 Å². The lowest BCUT2D eigenvalue weighted by atomic mass is 10.0. The van der Waals surface area contributed by atoms with Crippen LogP contribution in [-0.2, 0) is 0 Å². The van der Waals surface area contributed by atoms with Crippen molar-refractivity contribution in [2.24, 2.45) is 0 Å². The SMILES string of the molecule is CNC(CCN(C)c1cccc(C)c1)c1cccc(Br)c1. The summed E-state index contributed by atoms with van der Waals surface area (Å²) in [5, 5.41) is 3.42. The molecule has 0 amide bonds. The van der Waals surface area contributed by atoms with Crippen LogP contribution in [0.25, 0.3) is 0 Å². The van der Waals surface area contributed by atoms with Crippen LogP contribution < -0.4 is 10.2 Å². The third kappa shape index (κ3) is 4.58. The zero-order valence-electron chi connectivity index (χ0n) is 12.9. The van der Waals surface area contributed by atoms with Gasteiger partial charge in [-0.25, -0.2) is 0 Å². The number of anilines is 1. The van der Waals surface area contributed by atoms with Gasteiger partial charge in [0.1, 0.15) is 0 Å². The molecule has 0 aromatic heterocycles. The molecule has 0 fully saturated rings. The maximum absolute atomic E-state index is 3.55. The van der Waals surface area contributed by atoms with Gasteiger partial charge in [-0.2, -0.15) is 0 Å². The normalized spacial score (nSPS) is 12.2. The van der Waals surface area contributed by atoms with Crippen molar-refractivity contribution < 1.29 is 0 Å². The number of aryl methyl sites for hydroxylation is 1. The molecule has 2 rings (SSSR count). The molecule has 1 N–H and O–H groups in total. The van der Waals surface area contributed by atoms with Gasteiger partial charge in [-0.1, -0.05) is 40.2 Å². The Morgan fingerprint density at radius 3 is 2.57 bits per heavy atom. The maximum Gasteiger partial charge on any atom is 0.0366 e. The van der Waals surface area contributed by atoms with E-state index in [9.17, 15) is 0 Å². The summed E-state index contributed by atoms with van der Waals surface area (Å²) in [7, 11) is 4.18. The molecule has 0 aliphatic rings. The van der Waals surface area contributed by atoms with Crippen LogP contribution in [0.2, 0.25) is 0 Å². The molecule has 0 aliphatic carbocycles. The highest BCUT2D eigenvalue weighted by Crippen LogP contribution is 2.22. The van der Waals surface area contributed by atoms with Crippen molar-refractivity contribution in [3.8, 4) is 0 Å². The molecule has 3 heteroatoms. The lowest BCUT2D eigenvalue weighted by molar-refractivity contribution is 0.549. The fourth-order valence-electron chi connectivity index (χ4n) is 2.52. The Kier molecular flexibility index (Phi) is 5.83. The summed E-state index contributed by atoms with van der Waals surface area (Å²) in [6.45, 7) is 3.15. The summed E-state index contributed by atoms with van der Waals surface area (Å²) in [4.78, 5) is 2.31. The minimum absolute atomic E-state index is 0.370. The van der Waals surface area contributed by atoms with Crippen molar-refractivity contribution >= 4 is 21.6 Å². The third-order valence-electron chi connectivity index (χ3n) is 3.80. The average molecular weight is 347 g/mol. The van der Waals surface area contributed by atoms with Gasteiger partial charge in [0.25, 0.3) is 0 Å². The molecular weight excluding hydrogens is 324 g/mol. The average Bonchev–Trinajstić information content (AvgIpc) is 2.48. The second-order valence-electron chi connectivity index (χ2n) is 5.45. The number of hydrogen-bond acceptors (Lipinski definition) is 2. The second-order valence-corrected chi connectivity index (χ2v) is 6.36. The highest BCUT2D eigenvalue weighted by molar-refractivity contribution is 9.10. The highest BCUT2D eigenvalue weighted by Gasteiger charge is 2.11. The number of benzene rings is 2. The van der Waals surface area contributed by atoms with E-state index in [1.165, 1.54) is 16.8 Å². The standard InChI is InChI=1S/C18H23BrN2/c1-14-6-4-9-17(12-14)21(3)11-10-18(20-2)15-7-5-8-16(19)13-15/h4-9,12-13,18,20H,10-11H2,1-3H3. The molecule has 21 heavy (non-hydrogen) atoms. The monoisotopic (exact) mass is 346 g/mol. The molecule has 2 aromatic carbocycles. The van der Waals surface area contributed by atoms with E-state index in [0.29, 0.717) is 6.04 Å². The van der Waals surface area contributed by atoms with Crippen LogP contribution in [-0.4, -0.2) is 20.6 Å². The summed E-state index contributed by atoms with van der Waals surface area (Å²) >= 11 is 3.55. The Bertz CT molecular complexity index is 583. The van der Waals surface area contributed by atoms with Crippen LogP contribution in [0.4, 0.5) is 5.69 Å². The van der Waals surface area contributed by atoms with Crippen LogP contribution in [0.15, 0.2) is 53.0 Å². The molecule has 2 nitrogen and oxygen atoms in total. The van der Waals surface area contributed by atoms with Crippen molar-refractivity contribution in [2.45, 2.75) is 19.4 Å². The first-order chi connectivity index (χ1) is 10.1. The van der Waals surface area contributed by atoms with Gasteiger partial charge in [-0.15, -0.1) is 0 Å². The van der Waals surface area contributed by atoms with E-state index < -0.39 is 0 Å². The summed E-state index contributed by atoms with van der Waals surface area (Å²) < 4.78 is 1.13. The van der Waals surface area contributed by atoms with Crippen LogP contribution in [0.5, 0.6) is 0 Å². The van der Waals surface area contributed by atoms with E-state index in [1.807, 2.05) is 7.05 Å². The van der Waals surface area contributed by atoms with Crippen molar-refractivity contribution in [3.05, 3.63) is 64.1 Å². The second kappa shape index (κ2) is 7.62. The number of rotatable bonds is 6. The summed E-state index contributed by atoms with van der Waals surface area (Å²) in [6, 6.07) is 17.5. The molecule has 0 spiro atoms. The molecule has 0 heterocycles. The van der Waals surface area contributed by atoms with Crippen molar-refractivity contribution in [2.75, 3.05) is 25.5 Å². The molecule has 0 saturated heterocycles. The van der Waals surface area contributed by atoms with Gasteiger partial charge in [0, 0.05) is 29.8 Å². The van der Waals surface area contributed by atoms with Gasteiger partial charge in [0.05, 0.1) is 0 Å². The Morgan fingerprint density at radius 1 is 1.14 bits per heavy atom. The number of halogens is 1. The summed E-state index contributed by atoms with van der Waals surface area (Å²) in [5.74, 6) is 0. The molecular formula is C18H23BrN2. The minimum Gasteiger partial charge on any atom is -0.375 e. The predicted octanol–water partition coefficient (Wildman–Crippen LogP) is 4.54. The molecule has 1 unspecified atom stereocenters. The van der Waals surface area contributed by atoms with Crippen molar-refractivity contribution in [3.63, 3.8) is 0 Å². The topological polar surface area (TPSA) is 15.3 Å². The Hall–Kier alpha value is -1.32. The summed E-state index contributed by atoms with van der Waals surface area (Å²) in [6.07, 6.45) is 1.07. The van der Waals surface area contributed by atoms with E-state index in [1.54, 1.807) is 0 Å². The first kappa shape index (κ1) is 16.1. The van der Waals surface area contributed by atoms with Crippen LogP contribution >= 0.6 is 15.9 Å². The van der Waals surface area contributed by atoms with Gasteiger partial charge in [-0.3, -0.25) is 0 Å². The predicted molar refractivity (Wildman–Crippen MR) is 95.0 cm³/mol. The fraction of sp³-hybridized carbons (Fsp3) is 0.333. The number of nitrogens with zero attached hydrogens (tertiary/aromatic N) is 1. The van der Waals surface area contributed by atoms with Crippen LogP contribution in [0.3, 0.4) is 0 Å². The van der Waals surface area contributed by atoms with E-state index in [2.05, 4.69) is 88.6 Å². The fourth-order valence-corrected chi connectivity index (χ4v) is 2.94. The van der Waals surface area contributed by atoms with Crippen LogP contribution in [0.1, 0.15) is 23.6 Å². The maximum atomic E-state index is 3.55.